The highest BCUT2D eigenvalue weighted by atomic mass is 35.5. The van der Waals surface area contributed by atoms with Crippen molar-refractivity contribution in [3.05, 3.63) is 34.6 Å². The number of hydrogen-bond acceptors (Lipinski definition) is 9. The Balaban J connectivity index is 1.26. The molecule has 5 aliphatic rings. The zero-order valence-electron chi connectivity index (χ0n) is 24.5. The summed E-state index contributed by atoms with van der Waals surface area (Å²) in [5.41, 5.74) is 0.646. The van der Waals surface area contributed by atoms with Gasteiger partial charge in [-0.1, -0.05) is 17.7 Å². The van der Waals surface area contributed by atoms with Crippen LogP contribution in [0.2, 0.25) is 5.02 Å². The minimum Gasteiger partial charge on any atom is -0.388 e. The zero-order chi connectivity index (χ0) is 31.0. The van der Waals surface area contributed by atoms with E-state index in [1.54, 1.807) is 15.9 Å². The van der Waals surface area contributed by atoms with Gasteiger partial charge in [-0.05, 0) is 37.0 Å². The maximum absolute atomic E-state index is 14.2. The number of ether oxygens (including phenoxy) is 3. The average molecular weight is 639 g/mol. The van der Waals surface area contributed by atoms with Crippen LogP contribution in [0.1, 0.15) is 31.2 Å². The summed E-state index contributed by atoms with van der Waals surface area (Å²) in [6, 6.07) is 3.59. The number of fused-ring (bicyclic) bond motifs is 6. The molecule has 3 N–H and O–H groups in total. The minimum atomic E-state index is -1.31. The molecule has 5 saturated heterocycles. The summed E-state index contributed by atoms with van der Waals surface area (Å²) in [6.07, 6.45) is -3.64. The Kier molecular flexibility index (Phi) is 9.72. The Morgan fingerprint density at radius 2 is 1.82 bits per heavy atom. The van der Waals surface area contributed by atoms with Gasteiger partial charge >= 0.3 is 0 Å². The van der Waals surface area contributed by atoms with E-state index in [2.05, 4.69) is 5.32 Å². The zero-order valence-corrected chi connectivity index (χ0v) is 25.2. The van der Waals surface area contributed by atoms with Crippen LogP contribution in [0.25, 0.3) is 0 Å². The van der Waals surface area contributed by atoms with Crippen LogP contribution in [0.5, 0.6) is 0 Å². The number of amides is 3. The van der Waals surface area contributed by atoms with Crippen molar-refractivity contribution in [2.45, 2.75) is 74.8 Å². The van der Waals surface area contributed by atoms with Gasteiger partial charge in [0.2, 0.25) is 17.7 Å². The number of nitrogens with one attached hydrogen (secondary N) is 1. The summed E-state index contributed by atoms with van der Waals surface area (Å²) in [5, 5.41) is 24.7. The van der Waals surface area contributed by atoms with E-state index in [4.69, 9.17) is 25.8 Å². The highest BCUT2D eigenvalue weighted by molar-refractivity contribution is 6.30. The van der Waals surface area contributed by atoms with Gasteiger partial charge in [0.25, 0.3) is 0 Å². The van der Waals surface area contributed by atoms with Crippen LogP contribution >= 0.6 is 11.6 Å². The SMILES string of the molecule is O=C1C[C@@H]2O[C@H](CN(C(=O)C3CCOCC3)C[C@@H]3CN(CCO3)C(=O)[C@@H]3C[C@@H](CN3Cc3ccc(Cl)c(F)c3)N1)[C@@H](O)[C@H]2O. The van der Waals surface area contributed by atoms with Crippen molar-refractivity contribution in [3.8, 4) is 0 Å². The van der Waals surface area contributed by atoms with Gasteiger partial charge in [-0.2, -0.15) is 0 Å². The summed E-state index contributed by atoms with van der Waals surface area (Å²) in [4.78, 5) is 46.1. The number of carbonyl (C=O) groups is 3. The van der Waals surface area contributed by atoms with Gasteiger partial charge in [0.15, 0.2) is 0 Å². The molecule has 0 saturated carbocycles. The largest absolute Gasteiger partial charge is 0.388 e. The van der Waals surface area contributed by atoms with E-state index in [0.717, 1.165) is 0 Å². The highest BCUT2D eigenvalue weighted by Crippen LogP contribution is 2.29. The van der Waals surface area contributed by atoms with Crippen LogP contribution in [-0.4, -0.2) is 138 Å². The molecule has 1 aromatic carbocycles. The molecule has 44 heavy (non-hydrogen) atoms. The fourth-order valence-electron chi connectivity index (χ4n) is 7.09. The van der Waals surface area contributed by atoms with E-state index in [0.29, 0.717) is 51.1 Å². The molecule has 6 bridgehead atoms. The number of aliphatic hydroxyl groups is 2. The first-order valence-electron chi connectivity index (χ1n) is 15.4. The number of nitrogens with zero attached hydrogens (tertiary/aromatic N) is 3. The Morgan fingerprint density at radius 1 is 1.05 bits per heavy atom. The molecular formula is C30H40ClFN4O8. The molecule has 3 amide bonds. The van der Waals surface area contributed by atoms with Crippen LogP contribution in [0, 0.1) is 11.7 Å². The van der Waals surface area contributed by atoms with Crippen LogP contribution in [0.3, 0.4) is 0 Å². The first kappa shape index (κ1) is 31.6. The van der Waals surface area contributed by atoms with Crippen molar-refractivity contribution in [2.75, 3.05) is 52.5 Å². The molecule has 1 aromatic rings. The van der Waals surface area contributed by atoms with Gasteiger partial charge in [-0.25, -0.2) is 4.39 Å². The number of aliphatic hydroxyl groups excluding tert-OH is 2. The second-order valence-electron chi connectivity index (χ2n) is 12.5. The Bertz CT molecular complexity index is 1240. The molecule has 0 unspecified atom stereocenters. The lowest BCUT2D eigenvalue weighted by Gasteiger charge is -2.39. The number of rotatable bonds is 3. The quantitative estimate of drug-likeness (QED) is 0.414. The molecule has 0 aliphatic carbocycles. The topological polar surface area (TPSA) is 141 Å². The molecule has 5 aliphatic heterocycles. The summed E-state index contributed by atoms with van der Waals surface area (Å²) >= 11 is 5.88. The Labute approximate surface area is 260 Å². The third-order valence-electron chi connectivity index (χ3n) is 9.43. The van der Waals surface area contributed by atoms with E-state index < -0.39 is 42.4 Å². The number of benzene rings is 1. The number of likely N-dealkylation sites (tertiary alicyclic amines) is 1. The standard InChI is InChI=1S/C30H40ClFN4O8/c31-21-2-1-17(9-22(21)32)12-35-13-19-10-23(35)30(41)34-5-8-43-20(14-34)15-36(29(40)18-3-6-42-7-4-18)16-25-28(39)27(38)24(44-25)11-26(37)33-19/h1-2,9,18-20,23-25,27-28,38-39H,3-8,10-16H2,(H,33,37)/t19-,20-,23-,24-,25+,27-,28+/m0/s1. The van der Waals surface area contributed by atoms with Gasteiger partial charge in [-0.15, -0.1) is 0 Å². The molecule has 7 atom stereocenters. The molecule has 14 heteroatoms. The molecule has 242 valence electrons. The second kappa shape index (κ2) is 13.5. The lowest BCUT2D eigenvalue weighted by atomic mass is 9.97. The first-order chi connectivity index (χ1) is 21.2. The maximum atomic E-state index is 14.2. The monoisotopic (exact) mass is 638 g/mol. The van der Waals surface area contributed by atoms with Crippen molar-refractivity contribution >= 4 is 29.3 Å². The lowest BCUT2D eigenvalue weighted by molar-refractivity contribution is -0.150. The number of halogens is 2. The van der Waals surface area contributed by atoms with Gasteiger partial charge < -0.3 is 39.5 Å². The summed E-state index contributed by atoms with van der Waals surface area (Å²) in [6.45, 7) is 2.69. The van der Waals surface area contributed by atoms with Crippen molar-refractivity contribution in [3.63, 3.8) is 0 Å². The summed E-state index contributed by atoms with van der Waals surface area (Å²) < 4.78 is 31.7. The lowest BCUT2D eigenvalue weighted by Crippen LogP contribution is -2.56. The molecular weight excluding hydrogens is 599 g/mol. The van der Waals surface area contributed by atoms with Crippen molar-refractivity contribution in [1.82, 2.24) is 20.0 Å². The Morgan fingerprint density at radius 3 is 2.59 bits per heavy atom. The molecule has 6 rings (SSSR count). The normalized spacial score (nSPS) is 34.3. The molecule has 0 aromatic heterocycles. The van der Waals surface area contributed by atoms with E-state index in [1.807, 2.05) is 4.90 Å². The molecule has 0 radical (unpaired) electrons. The maximum Gasteiger partial charge on any atom is 0.240 e. The van der Waals surface area contributed by atoms with Crippen LogP contribution < -0.4 is 5.32 Å². The fourth-order valence-corrected chi connectivity index (χ4v) is 7.21. The van der Waals surface area contributed by atoms with Crippen molar-refractivity contribution < 1.29 is 43.2 Å². The van der Waals surface area contributed by atoms with Crippen LogP contribution in [-0.2, 0) is 35.1 Å². The van der Waals surface area contributed by atoms with E-state index in [9.17, 15) is 29.0 Å². The number of morpholine rings is 1. The van der Waals surface area contributed by atoms with Gasteiger partial charge in [0.05, 0.1) is 36.3 Å². The van der Waals surface area contributed by atoms with E-state index >= 15 is 0 Å². The van der Waals surface area contributed by atoms with E-state index in [1.165, 1.54) is 12.1 Å². The molecule has 0 spiro atoms. The van der Waals surface area contributed by atoms with Gasteiger partial charge in [0.1, 0.15) is 24.1 Å². The van der Waals surface area contributed by atoms with Crippen molar-refractivity contribution in [1.29, 1.82) is 0 Å². The number of hydrogen-bond donors (Lipinski definition) is 3. The highest BCUT2D eigenvalue weighted by Gasteiger charge is 2.47. The van der Waals surface area contributed by atoms with Gasteiger partial charge in [-0.3, -0.25) is 19.3 Å². The third-order valence-corrected chi connectivity index (χ3v) is 9.73. The van der Waals surface area contributed by atoms with Crippen LogP contribution in [0.15, 0.2) is 18.2 Å². The summed E-state index contributed by atoms with van der Waals surface area (Å²) in [7, 11) is 0. The Hall–Kier alpha value is -2.39. The van der Waals surface area contributed by atoms with Crippen molar-refractivity contribution in [2.24, 2.45) is 5.92 Å². The second-order valence-corrected chi connectivity index (χ2v) is 12.9. The molecule has 12 nitrogen and oxygen atoms in total. The fraction of sp³-hybridized carbons (Fsp3) is 0.700. The average Bonchev–Trinajstić information content (AvgIpc) is 3.52. The summed E-state index contributed by atoms with van der Waals surface area (Å²) in [5.74, 6) is -1.43. The molecule has 5 fully saturated rings. The van der Waals surface area contributed by atoms with Crippen LogP contribution in [0.4, 0.5) is 4.39 Å². The first-order valence-corrected chi connectivity index (χ1v) is 15.8. The van der Waals surface area contributed by atoms with Gasteiger partial charge in [0, 0.05) is 64.4 Å². The van der Waals surface area contributed by atoms with E-state index in [-0.39, 0.29) is 73.9 Å². The third kappa shape index (κ3) is 6.88. The number of carbonyl (C=O) groups excluding carboxylic acids is 3. The smallest absolute Gasteiger partial charge is 0.240 e. The predicted octanol–water partition coefficient (Wildman–Crippen LogP) is -0.0863. The minimum absolute atomic E-state index is 0.0109. The molecule has 5 heterocycles. The predicted molar refractivity (Wildman–Crippen MR) is 154 cm³/mol.